The van der Waals surface area contributed by atoms with Gasteiger partial charge >= 0.3 is 0 Å². The number of pyridine rings is 3. The number of furan rings is 1. The van der Waals surface area contributed by atoms with E-state index in [0.717, 1.165) is 39.7 Å². The van der Waals surface area contributed by atoms with Gasteiger partial charge in [0.2, 0.25) is 5.71 Å². The Hall–Kier alpha value is -3.66. The van der Waals surface area contributed by atoms with E-state index in [1.165, 1.54) is 47.9 Å². The van der Waals surface area contributed by atoms with Crippen LogP contribution in [0.4, 0.5) is 0 Å². The van der Waals surface area contributed by atoms with Crippen LogP contribution in [-0.2, 0) is 20.1 Å². The molecule has 42 heavy (non-hydrogen) atoms. The maximum absolute atomic E-state index is 8.14. The average Bonchev–Trinajstić information content (AvgIpc) is 3.67. The van der Waals surface area contributed by atoms with Crippen molar-refractivity contribution in [2.75, 3.05) is 0 Å². The van der Waals surface area contributed by atoms with Crippen molar-refractivity contribution in [3.05, 3.63) is 113 Å². The molecule has 0 aliphatic heterocycles. The molecule has 4 aromatic heterocycles. The van der Waals surface area contributed by atoms with Gasteiger partial charge in [0, 0.05) is 48.2 Å². The van der Waals surface area contributed by atoms with Crippen LogP contribution in [0.3, 0.4) is 0 Å². The summed E-state index contributed by atoms with van der Waals surface area (Å²) in [5.74, 6) is 0.738. The first-order valence-corrected chi connectivity index (χ1v) is 14.0. The minimum atomic E-state index is -2.48. The molecule has 4 nitrogen and oxygen atoms in total. The first-order chi connectivity index (χ1) is 21.9. The van der Waals surface area contributed by atoms with Crippen molar-refractivity contribution in [3.63, 3.8) is 0 Å². The molecule has 1 radical (unpaired) electrons. The quantitative estimate of drug-likeness (QED) is 0.170. The van der Waals surface area contributed by atoms with Crippen LogP contribution in [-0.4, -0.2) is 15.0 Å². The standard InChI is InChI=1S/C19H22N.C18H13N2O.Ir/c1-13-8-9-17(14(2)10-13)19-11-18(15(3)12-20-19)16-6-4-5-7-16;1-11-3-6-15(20-10-11)13-4-5-14-16(9-13)21-18-17(14)12(2)7-8-19-18;/h8,10-12,16H,4-7H2,1-3H3;3,5-10H,1-2H3;/q2*-1;/i;1D3,3D,6D;. The zero-order chi connectivity index (χ0) is 32.7. The summed E-state index contributed by atoms with van der Waals surface area (Å²) in [6.45, 7) is 5.94. The molecule has 4 heterocycles. The number of nitrogens with zero attached hydrogens (tertiary/aromatic N) is 3. The average molecular weight is 735 g/mol. The van der Waals surface area contributed by atoms with Gasteiger partial charge in [-0.05, 0) is 79.2 Å². The number of benzene rings is 2. The minimum absolute atomic E-state index is 0. The molecule has 1 aliphatic carbocycles. The maximum atomic E-state index is 8.14. The molecule has 0 N–H and O–H groups in total. The zero-order valence-corrected chi connectivity index (χ0v) is 26.6. The first-order valence-electron chi connectivity index (χ1n) is 16.5. The summed E-state index contributed by atoms with van der Waals surface area (Å²) in [6.07, 6.45) is 10.3. The van der Waals surface area contributed by atoms with Gasteiger partial charge in [0.05, 0.1) is 8.32 Å². The molecule has 2 aromatic carbocycles. The summed E-state index contributed by atoms with van der Waals surface area (Å²) in [6, 6.07) is 17.8. The number of aromatic nitrogens is 3. The van der Waals surface area contributed by atoms with E-state index in [1.807, 2.05) is 19.2 Å². The van der Waals surface area contributed by atoms with Gasteiger partial charge in [0.15, 0.2) is 0 Å². The van der Waals surface area contributed by atoms with Crippen molar-refractivity contribution >= 4 is 22.1 Å². The molecule has 0 unspecified atom stereocenters. The van der Waals surface area contributed by atoms with Crippen LogP contribution in [0.1, 0.15) is 71.8 Å². The number of aryl methyl sites for hydroxylation is 5. The molecular weight excluding hydrogens is 695 g/mol. The fourth-order valence-corrected chi connectivity index (χ4v) is 5.77. The van der Waals surface area contributed by atoms with Crippen LogP contribution in [0.2, 0.25) is 0 Å². The SMILES string of the molecule is Cc1c[c-]c(-c2cc(C3CCCC3)c(C)cn2)c(C)c1.[2H]c1c(C([2H])([2H])[2H])cnc(-c2[c-]cc3c(c2)oc2nccc(C)c23)c1[2H].[Ir]. The third-order valence-corrected chi connectivity index (χ3v) is 7.89. The van der Waals surface area contributed by atoms with Crippen LogP contribution in [0.15, 0.2) is 71.5 Å². The largest absolute Gasteiger partial charge is 0.458 e. The second-order valence-corrected chi connectivity index (χ2v) is 10.9. The Morgan fingerprint density at radius 2 is 1.67 bits per heavy atom. The van der Waals surface area contributed by atoms with Crippen molar-refractivity contribution in [2.45, 2.75) is 66.1 Å². The molecule has 0 saturated heterocycles. The summed E-state index contributed by atoms with van der Waals surface area (Å²) in [5, 5.41) is 1.76. The van der Waals surface area contributed by atoms with Crippen molar-refractivity contribution in [1.29, 1.82) is 0 Å². The Bertz CT molecular complexity index is 2080. The third-order valence-electron chi connectivity index (χ3n) is 7.89. The van der Waals surface area contributed by atoms with Crippen LogP contribution >= 0.6 is 0 Å². The van der Waals surface area contributed by atoms with E-state index in [2.05, 4.69) is 66.1 Å². The van der Waals surface area contributed by atoms with E-state index in [0.29, 0.717) is 16.9 Å². The fourth-order valence-electron chi connectivity index (χ4n) is 5.77. The molecule has 7 rings (SSSR count). The summed E-state index contributed by atoms with van der Waals surface area (Å²) < 4.78 is 44.2. The van der Waals surface area contributed by atoms with Crippen LogP contribution in [0.5, 0.6) is 0 Å². The molecule has 1 fully saturated rings. The van der Waals surface area contributed by atoms with Crippen molar-refractivity contribution < 1.29 is 31.4 Å². The summed E-state index contributed by atoms with van der Waals surface area (Å²) in [4.78, 5) is 13.0. The van der Waals surface area contributed by atoms with E-state index in [4.69, 9.17) is 11.3 Å². The van der Waals surface area contributed by atoms with E-state index >= 15 is 0 Å². The number of hydrogen-bond donors (Lipinski definition) is 0. The van der Waals surface area contributed by atoms with Gasteiger partial charge in [-0.15, -0.1) is 52.6 Å². The fraction of sp³-hybridized carbons (Fsp3) is 0.270. The first kappa shape index (κ1) is 23.9. The van der Waals surface area contributed by atoms with Crippen molar-refractivity contribution in [3.8, 4) is 22.5 Å². The molecule has 1 saturated carbocycles. The molecule has 1 aliphatic rings. The van der Waals surface area contributed by atoms with Gasteiger partial charge < -0.3 is 14.4 Å². The monoisotopic (exact) mass is 735 g/mol. The topological polar surface area (TPSA) is 51.8 Å². The van der Waals surface area contributed by atoms with Gasteiger partial charge in [-0.2, -0.15) is 0 Å². The van der Waals surface area contributed by atoms with Crippen molar-refractivity contribution in [2.24, 2.45) is 0 Å². The number of hydrogen-bond acceptors (Lipinski definition) is 4. The third kappa shape index (κ3) is 6.09. The van der Waals surface area contributed by atoms with E-state index in [-0.39, 0.29) is 43.4 Å². The van der Waals surface area contributed by atoms with E-state index in [1.54, 1.807) is 18.3 Å². The van der Waals surface area contributed by atoms with E-state index in [9.17, 15) is 0 Å². The van der Waals surface area contributed by atoms with Crippen LogP contribution < -0.4 is 0 Å². The Morgan fingerprint density at radius 3 is 2.45 bits per heavy atom. The molecule has 215 valence electrons. The predicted molar refractivity (Wildman–Crippen MR) is 167 cm³/mol. The molecule has 5 heteroatoms. The second kappa shape index (κ2) is 12.7. The summed E-state index contributed by atoms with van der Waals surface area (Å²) >= 11 is 0. The van der Waals surface area contributed by atoms with Gasteiger partial charge in [0.25, 0.3) is 0 Å². The second-order valence-electron chi connectivity index (χ2n) is 10.9. The minimum Gasteiger partial charge on any atom is -0.458 e. The molecule has 0 amide bonds. The Morgan fingerprint density at radius 1 is 0.857 bits per heavy atom. The summed E-state index contributed by atoms with van der Waals surface area (Å²) in [5.41, 5.74) is 10.1. The molecule has 0 bridgehead atoms. The van der Waals surface area contributed by atoms with Gasteiger partial charge in [0.1, 0.15) is 0 Å². The zero-order valence-electron chi connectivity index (χ0n) is 29.2. The van der Waals surface area contributed by atoms with Gasteiger partial charge in [-0.25, -0.2) is 4.98 Å². The van der Waals surface area contributed by atoms with Gasteiger partial charge in [-0.1, -0.05) is 56.3 Å². The van der Waals surface area contributed by atoms with Gasteiger partial charge in [-0.3, -0.25) is 0 Å². The number of fused-ring (bicyclic) bond motifs is 3. The molecule has 0 spiro atoms. The normalized spacial score (nSPS) is 15.2. The Balaban J connectivity index is 0.000000187. The molecule has 6 aromatic rings. The Labute approximate surface area is 269 Å². The maximum Gasteiger partial charge on any atom is 0.215 e. The smallest absolute Gasteiger partial charge is 0.215 e. The van der Waals surface area contributed by atoms with E-state index < -0.39 is 6.85 Å². The molecular formula is C37H35IrN3O-2. The Kier molecular flexibility index (Phi) is 7.21. The van der Waals surface area contributed by atoms with Crippen LogP contribution in [0.25, 0.3) is 44.6 Å². The van der Waals surface area contributed by atoms with Crippen molar-refractivity contribution in [1.82, 2.24) is 15.0 Å². The summed E-state index contributed by atoms with van der Waals surface area (Å²) in [7, 11) is 0. The predicted octanol–water partition coefficient (Wildman–Crippen LogP) is 9.59. The van der Waals surface area contributed by atoms with Crippen LogP contribution in [0, 0.1) is 46.7 Å². The number of rotatable bonds is 3. The molecule has 0 atom stereocenters.